The molecule has 0 saturated carbocycles. The molecule has 2 rings (SSSR count). The van der Waals surface area contributed by atoms with Gasteiger partial charge in [0.05, 0.1) is 5.92 Å². The van der Waals surface area contributed by atoms with Gasteiger partial charge in [-0.25, -0.2) is 0 Å². The first-order valence-electron chi connectivity index (χ1n) is 5.91. The van der Waals surface area contributed by atoms with Crippen molar-refractivity contribution in [3.63, 3.8) is 0 Å². The lowest BCUT2D eigenvalue weighted by atomic mass is 10.1. The quantitative estimate of drug-likeness (QED) is 0.839. The number of carboxylic acids is 1. The zero-order chi connectivity index (χ0) is 12.4. The predicted molar refractivity (Wildman–Crippen MR) is 65.4 cm³/mol. The van der Waals surface area contributed by atoms with Crippen molar-refractivity contribution in [3.8, 4) is 5.75 Å². The maximum atomic E-state index is 10.9. The topological polar surface area (TPSA) is 60.8 Å². The van der Waals surface area contributed by atoms with Gasteiger partial charge in [0, 0.05) is 24.8 Å². The first-order chi connectivity index (χ1) is 8.11. The second-order valence-electron chi connectivity index (χ2n) is 4.44. The van der Waals surface area contributed by atoms with E-state index < -0.39 is 5.97 Å². The first kappa shape index (κ1) is 11.8. The number of phenolic OH excluding ortho intramolecular Hbond substituents is 1. The number of phenols is 1. The normalized spacial score (nSPS) is 19.6. The predicted octanol–water partition coefficient (Wildman–Crippen LogP) is 1.87. The number of aryl methyl sites for hydroxylation is 1. The Morgan fingerprint density at radius 2 is 2.29 bits per heavy atom. The molecule has 1 aliphatic rings. The van der Waals surface area contributed by atoms with E-state index in [4.69, 9.17) is 5.11 Å². The molecule has 1 heterocycles. The summed E-state index contributed by atoms with van der Waals surface area (Å²) in [6.45, 7) is 3.26. The number of aromatic hydroxyl groups is 1. The SMILES string of the molecule is CCc1ccc(N2CCC(C(=O)O)C2)cc1O. The van der Waals surface area contributed by atoms with Crippen molar-refractivity contribution in [1.82, 2.24) is 0 Å². The lowest BCUT2D eigenvalue weighted by Crippen LogP contribution is -2.22. The Bertz CT molecular complexity index is 431. The molecule has 4 nitrogen and oxygen atoms in total. The average molecular weight is 235 g/mol. The number of rotatable bonds is 3. The smallest absolute Gasteiger partial charge is 0.308 e. The number of hydrogen-bond acceptors (Lipinski definition) is 3. The maximum absolute atomic E-state index is 10.9. The fourth-order valence-electron chi connectivity index (χ4n) is 2.24. The van der Waals surface area contributed by atoms with Crippen LogP contribution in [0.3, 0.4) is 0 Å². The Labute approximate surface area is 100 Å². The van der Waals surface area contributed by atoms with Crippen LogP contribution in [0.15, 0.2) is 18.2 Å². The van der Waals surface area contributed by atoms with E-state index in [-0.39, 0.29) is 5.92 Å². The Morgan fingerprint density at radius 3 is 2.82 bits per heavy atom. The van der Waals surface area contributed by atoms with Crippen LogP contribution in [0, 0.1) is 5.92 Å². The van der Waals surface area contributed by atoms with Crippen LogP contribution >= 0.6 is 0 Å². The van der Waals surface area contributed by atoms with Crippen LogP contribution in [-0.4, -0.2) is 29.3 Å². The molecule has 1 aromatic rings. The molecule has 1 aromatic carbocycles. The van der Waals surface area contributed by atoms with Crippen molar-refractivity contribution in [2.45, 2.75) is 19.8 Å². The van der Waals surface area contributed by atoms with E-state index in [0.717, 1.165) is 24.2 Å². The number of carbonyl (C=O) groups is 1. The maximum Gasteiger partial charge on any atom is 0.308 e. The van der Waals surface area contributed by atoms with Crippen LogP contribution in [0.1, 0.15) is 18.9 Å². The van der Waals surface area contributed by atoms with Gasteiger partial charge < -0.3 is 15.1 Å². The van der Waals surface area contributed by atoms with Gasteiger partial charge in [-0.3, -0.25) is 4.79 Å². The number of carboxylic acid groups (broad SMARTS) is 1. The molecule has 1 atom stereocenters. The first-order valence-corrected chi connectivity index (χ1v) is 5.91. The molecule has 1 fully saturated rings. The molecule has 1 aliphatic heterocycles. The van der Waals surface area contributed by atoms with Gasteiger partial charge in [-0.1, -0.05) is 13.0 Å². The Kier molecular flexibility index (Phi) is 3.22. The lowest BCUT2D eigenvalue weighted by molar-refractivity contribution is -0.140. The van der Waals surface area contributed by atoms with Gasteiger partial charge in [0.1, 0.15) is 5.75 Å². The standard InChI is InChI=1S/C13H17NO3/c1-2-9-3-4-11(7-12(9)15)14-6-5-10(8-14)13(16)17/h3-4,7,10,15H,2,5-6,8H2,1H3,(H,16,17). The summed E-state index contributed by atoms with van der Waals surface area (Å²) in [5.41, 5.74) is 1.83. The van der Waals surface area contributed by atoms with Gasteiger partial charge in [-0.15, -0.1) is 0 Å². The molecule has 92 valence electrons. The summed E-state index contributed by atoms with van der Waals surface area (Å²) in [7, 11) is 0. The van der Waals surface area contributed by atoms with Gasteiger partial charge in [-0.05, 0) is 24.5 Å². The number of benzene rings is 1. The second-order valence-corrected chi connectivity index (χ2v) is 4.44. The molecule has 0 aliphatic carbocycles. The van der Waals surface area contributed by atoms with E-state index in [1.165, 1.54) is 0 Å². The zero-order valence-electron chi connectivity index (χ0n) is 9.89. The highest BCUT2D eigenvalue weighted by molar-refractivity contribution is 5.72. The van der Waals surface area contributed by atoms with Gasteiger partial charge in [0.15, 0.2) is 0 Å². The minimum absolute atomic E-state index is 0.289. The highest BCUT2D eigenvalue weighted by Gasteiger charge is 2.28. The third kappa shape index (κ3) is 2.35. The van der Waals surface area contributed by atoms with Crippen molar-refractivity contribution >= 4 is 11.7 Å². The fourth-order valence-corrected chi connectivity index (χ4v) is 2.24. The average Bonchev–Trinajstić information content (AvgIpc) is 2.78. The van der Waals surface area contributed by atoms with Crippen LogP contribution in [0.2, 0.25) is 0 Å². The minimum Gasteiger partial charge on any atom is -0.508 e. The summed E-state index contributed by atoms with van der Waals surface area (Å²) in [4.78, 5) is 12.9. The molecule has 0 radical (unpaired) electrons. The molecular formula is C13H17NO3. The van der Waals surface area contributed by atoms with E-state index in [2.05, 4.69) is 0 Å². The zero-order valence-corrected chi connectivity index (χ0v) is 9.89. The highest BCUT2D eigenvalue weighted by atomic mass is 16.4. The molecule has 2 N–H and O–H groups in total. The van der Waals surface area contributed by atoms with Crippen LogP contribution in [0.4, 0.5) is 5.69 Å². The molecule has 0 amide bonds. The van der Waals surface area contributed by atoms with Crippen LogP contribution in [-0.2, 0) is 11.2 Å². The number of aliphatic carboxylic acids is 1. The molecular weight excluding hydrogens is 218 g/mol. The molecule has 0 spiro atoms. The van der Waals surface area contributed by atoms with Crippen LogP contribution in [0.25, 0.3) is 0 Å². The number of anilines is 1. The molecule has 17 heavy (non-hydrogen) atoms. The Hall–Kier alpha value is -1.71. The molecule has 1 saturated heterocycles. The van der Waals surface area contributed by atoms with Crippen molar-refractivity contribution in [1.29, 1.82) is 0 Å². The highest BCUT2D eigenvalue weighted by Crippen LogP contribution is 2.29. The van der Waals surface area contributed by atoms with Crippen LogP contribution < -0.4 is 4.90 Å². The van der Waals surface area contributed by atoms with Crippen molar-refractivity contribution in [2.75, 3.05) is 18.0 Å². The Morgan fingerprint density at radius 1 is 1.53 bits per heavy atom. The van der Waals surface area contributed by atoms with E-state index in [0.29, 0.717) is 18.7 Å². The summed E-state index contributed by atoms with van der Waals surface area (Å²) in [6.07, 6.45) is 1.47. The summed E-state index contributed by atoms with van der Waals surface area (Å²) >= 11 is 0. The second kappa shape index (κ2) is 4.65. The summed E-state index contributed by atoms with van der Waals surface area (Å²) in [6, 6.07) is 5.57. The van der Waals surface area contributed by atoms with E-state index >= 15 is 0 Å². The van der Waals surface area contributed by atoms with Crippen molar-refractivity contribution < 1.29 is 15.0 Å². The van der Waals surface area contributed by atoms with Crippen molar-refractivity contribution in [2.24, 2.45) is 5.92 Å². The van der Waals surface area contributed by atoms with Gasteiger partial charge in [0.2, 0.25) is 0 Å². The van der Waals surface area contributed by atoms with Gasteiger partial charge in [0.25, 0.3) is 0 Å². The monoisotopic (exact) mass is 235 g/mol. The third-order valence-electron chi connectivity index (χ3n) is 3.35. The molecule has 4 heteroatoms. The largest absolute Gasteiger partial charge is 0.508 e. The van der Waals surface area contributed by atoms with Gasteiger partial charge >= 0.3 is 5.97 Å². The Balaban J connectivity index is 2.14. The number of hydrogen-bond donors (Lipinski definition) is 2. The molecule has 0 aromatic heterocycles. The van der Waals surface area contributed by atoms with E-state index in [9.17, 15) is 9.90 Å². The fraction of sp³-hybridized carbons (Fsp3) is 0.462. The minimum atomic E-state index is -0.734. The van der Waals surface area contributed by atoms with E-state index in [1.54, 1.807) is 6.07 Å². The van der Waals surface area contributed by atoms with Crippen molar-refractivity contribution in [3.05, 3.63) is 23.8 Å². The molecule has 0 bridgehead atoms. The van der Waals surface area contributed by atoms with Crippen LogP contribution in [0.5, 0.6) is 5.75 Å². The molecule has 1 unspecified atom stereocenters. The van der Waals surface area contributed by atoms with E-state index in [1.807, 2.05) is 24.0 Å². The third-order valence-corrected chi connectivity index (χ3v) is 3.35. The van der Waals surface area contributed by atoms with Gasteiger partial charge in [-0.2, -0.15) is 0 Å². The number of nitrogens with zero attached hydrogens (tertiary/aromatic N) is 1. The summed E-state index contributed by atoms with van der Waals surface area (Å²) in [5.74, 6) is -0.728. The summed E-state index contributed by atoms with van der Waals surface area (Å²) < 4.78 is 0. The lowest BCUT2D eigenvalue weighted by Gasteiger charge is -2.19. The summed E-state index contributed by atoms with van der Waals surface area (Å²) in [5, 5.41) is 18.7.